The molecule has 0 fully saturated rings. The zero-order valence-electron chi connectivity index (χ0n) is 10.8. The molecule has 0 radical (unpaired) electrons. The lowest BCUT2D eigenvalue weighted by Gasteiger charge is -2.09. The molecule has 0 aromatic heterocycles. The number of ether oxygens (including phenoxy) is 1. The van der Waals surface area contributed by atoms with E-state index in [-0.39, 0.29) is 5.91 Å². The molecule has 3 nitrogen and oxygen atoms in total. The van der Waals surface area contributed by atoms with E-state index in [2.05, 4.69) is 26.1 Å². The van der Waals surface area contributed by atoms with Crippen molar-refractivity contribution >= 4 is 5.91 Å². The van der Waals surface area contributed by atoms with Gasteiger partial charge in [0.15, 0.2) is 0 Å². The average molecular weight is 235 g/mol. The third-order valence-electron chi connectivity index (χ3n) is 2.24. The van der Waals surface area contributed by atoms with E-state index in [1.165, 1.54) is 0 Å². The largest absolute Gasteiger partial charge is 0.494 e. The minimum Gasteiger partial charge on any atom is -0.494 e. The van der Waals surface area contributed by atoms with Crippen LogP contribution in [0, 0.1) is 5.92 Å². The van der Waals surface area contributed by atoms with Crippen molar-refractivity contribution in [2.75, 3.05) is 13.2 Å². The van der Waals surface area contributed by atoms with E-state index in [1.807, 2.05) is 12.1 Å². The molecular formula is C14H21NO2. The molecule has 0 aliphatic carbocycles. The molecule has 0 saturated carbocycles. The molecule has 0 heterocycles. The van der Waals surface area contributed by atoms with Gasteiger partial charge >= 0.3 is 0 Å². The normalized spacial score (nSPS) is 10.4. The van der Waals surface area contributed by atoms with Crippen LogP contribution in [0.5, 0.6) is 5.75 Å². The zero-order valence-corrected chi connectivity index (χ0v) is 10.8. The minimum absolute atomic E-state index is 0.0411. The number of nitrogens with one attached hydrogen (secondary N) is 1. The maximum atomic E-state index is 11.8. The van der Waals surface area contributed by atoms with Crippen molar-refractivity contribution in [3.63, 3.8) is 0 Å². The molecule has 1 aromatic rings. The van der Waals surface area contributed by atoms with Crippen molar-refractivity contribution in [1.82, 2.24) is 5.32 Å². The molecule has 1 aromatic carbocycles. The van der Waals surface area contributed by atoms with Gasteiger partial charge in [-0.25, -0.2) is 0 Å². The molecule has 3 heteroatoms. The molecule has 1 rings (SSSR count). The van der Waals surface area contributed by atoms with Gasteiger partial charge in [-0.1, -0.05) is 26.8 Å². The number of amides is 1. The summed E-state index contributed by atoms with van der Waals surface area (Å²) in [5.41, 5.74) is 0.652. The lowest BCUT2D eigenvalue weighted by atomic mass is 10.2. The third-order valence-corrected chi connectivity index (χ3v) is 2.24. The van der Waals surface area contributed by atoms with Crippen molar-refractivity contribution in [2.24, 2.45) is 5.92 Å². The van der Waals surface area contributed by atoms with Crippen LogP contribution >= 0.6 is 0 Å². The van der Waals surface area contributed by atoms with Crippen molar-refractivity contribution in [1.29, 1.82) is 0 Å². The number of rotatable bonds is 6. The number of carbonyl (C=O) groups is 1. The summed E-state index contributed by atoms with van der Waals surface area (Å²) < 4.78 is 5.49. The predicted molar refractivity (Wildman–Crippen MR) is 69.4 cm³/mol. The van der Waals surface area contributed by atoms with Crippen LogP contribution in [0.2, 0.25) is 0 Å². The van der Waals surface area contributed by atoms with Gasteiger partial charge in [0, 0.05) is 12.1 Å². The number of hydrogen-bond donors (Lipinski definition) is 1. The fraction of sp³-hybridized carbons (Fsp3) is 0.500. The summed E-state index contributed by atoms with van der Waals surface area (Å²) in [7, 11) is 0. The molecule has 0 unspecified atom stereocenters. The van der Waals surface area contributed by atoms with Crippen molar-refractivity contribution in [3.8, 4) is 5.75 Å². The first-order valence-corrected chi connectivity index (χ1v) is 6.14. The van der Waals surface area contributed by atoms with E-state index in [9.17, 15) is 4.79 Å². The maximum Gasteiger partial charge on any atom is 0.251 e. The molecular weight excluding hydrogens is 214 g/mol. The van der Waals surface area contributed by atoms with Crippen LogP contribution in [0.4, 0.5) is 0 Å². The number of hydrogen-bond acceptors (Lipinski definition) is 2. The molecule has 0 bridgehead atoms. The van der Waals surface area contributed by atoms with Crippen molar-refractivity contribution < 1.29 is 9.53 Å². The molecule has 0 aliphatic rings. The van der Waals surface area contributed by atoms with E-state index < -0.39 is 0 Å². The molecule has 0 atom stereocenters. The SMILES string of the molecule is CCCOc1cccc(C(=O)NCC(C)C)c1. The van der Waals surface area contributed by atoms with E-state index >= 15 is 0 Å². The van der Waals surface area contributed by atoms with E-state index in [4.69, 9.17) is 4.74 Å². The molecule has 17 heavy (non-hydrogen) atoms. The van der Waals surface area contributed by atoms with Gasteiger partial charge in [0.2, 0.25) is 0 Å². The smallest absolute Gasteiger partial charge is 0.251 e. The van der Waals surface area contributed by atoms with E-state index in [1.54, 1.807) is 12.1 Å². The van der Waals surface area contributed by atoms with Gasteiger partial charge in [-0.2, -0.15) is 0 Å². The van der Waals surface area contributed by atoms with Gasteiger partial charge in [0.05, 0.1) is 6.61 Å². The maximum absolute atomic E-state index is 11.8. The van der Waals surface area contributed by atoms with Gasteiger partial charge in [0.25, 0.3) is 5.91 Å². The van der Waals surface area contributed by atoms with Gasteiger partial charge in [-0.05, 0) is 30.5 Å². The van der Waals surface area contributed by atoms with Crippen molar-refractivity contribution in [3.05, 3.63) is 29.8 Å². The van der Waals surface area contributed by atoms with Crippen LogP contribution in [-0.2, 0) is 0 Å². The Hall–Kier alpha value is -1.51. The molecule has 0 saturated heterocycles. The van der Waals surface area contributed by atoms with Crippen LogP contribution < -0.4 is 10.1 Å². The first kappa shape index (κ1) is 13.6. The van der Waals surface area contributed by atoms with Gasteiger partial charge < -0.3 is 10.1 Å². The quantitative estimate of drug-likeness (QED) is 0.823. The van der Waals surface area contributed by atoms with Gasteiger partial charge in [0.1, 0.15) is 5.75 Å². The molecule has 94 valence electrons. The second kappa shape index (κ2) is 6.94. The summed E-state index contributed by atoms with van der Waals surface area (Å²) in [5.74, 6) is 1.17. The number of benzene rings is 1. The molecule has 1 N–H and O–H groups in total. The van der Waals surface area contributed by atoms with Crippen molar-refractivity contribution in [2.45, 2.75) is 27.2 Å². The van der Waals surface area contributed by atoms with E-state index in [0.717, 1.165) is 12.2 Å². The standard InChI is InChI=1S/C14H21NO2/c1-4-8-17-13-7-5-6-12(9-13)14(16)15-10-11(2)3/h5-7,9,11H,4,8,10H2,1-3H3,(H,15,16). The van der Waals surface area contributed by atoms with Gasteiger partial charge in [-0.15, -0.1) is 0 Å². The molecule has 1 amide bonds. The Morgan fingerprint density at radius 1 is 1.41 bits per heavy atom. The lowest BCUT2D eigenvalue weighted by Crippen LogP contribution is -2.27. The topological polar surface area (TPSA) is 38.3 Å². The first-order chi connectivity index (χ1) is 8.13. The molecule has 0 aliphatic heterocycles. The Kier molecular flexibility index (Phi) is 5.53. The van der Waals surface area contributed by atoms with Crippen LogP contribution in [0.15, 0.2) is 24.3 Å². The summed E-state index contributed by atoms with van der Waals surface area (Å²) in [6, 6.07) is 7.30. The average Bonchev–Trinajstić information content (AvgIpc) is 2.33. The Morgan fingerprint density at radius 3 is 2.82 bits per heavy atom. The minimum atomic E-state index is -0.0411. The highest BCUT2D eigenvalue weighted by molar-refractivity contribution is 5.94. The fourth-order valence-corrected chi connectivity index (χ4v) is 1.35. The highest BCUT2D eigenvalue weighted by Crippen LogP contribution is 2.13. The van der Waals surface area contributed by atoms with E-state index in [0.29, 0.717) is 24.6 Å². The Bertz CT molecular complexity index is 361. The summed E-state index contributed by atoms with van der Waals surface area (Å²) in [6.07, 6.45) is 0.962. The Labute approximate surface area is 103 Å². The zero-order chi connectivity index (χ0) is 12.7. The van der Waals surface area contributed by atoms with Crippen LogP contribution in [0.1, 0.15) is 37.6 Å². The Balaban J connectivity index is 2.60. The third kappa shape index (κ3) is 4.89. The summed E-state index contributed by atoms with van der Waals surface area (Å²) >= 11 is 0. The second-order valence-corrected chi connectivity index (χ2v) is 4.48. The Morgan fingerprint density at radius 2 is 2.18 bits per heavy atom. The molecule has 0 spiro atoms. The van der Waals surface area contributed by atoms with Crippen LogP contribution in [-0.4, -0.2) is 19.1 Å². The monoisotopic (exact) mass is 235 g/mol. The highest BCUT2D eigenvalue weighted by Gasteiger charge is 2.06. The summed E-state index contributed by atoms with van der Waals surface area (Å²) in [4.78, 5) is 11.8. The van der Waals surface area contributed by atoms with Crippen LogP contribution in [0.3, 0.4) is 0 Å². The lowest BCUT2D eigenvalue weighted by molar-refractivity contribution is 0.0948. The number of carbonyl (C=O) groups excluding carboxylic acids is 1. The fourth-order valence-electron chi connectivity index (χ4n) is 1.35. The highest BCUT2D eigenvalue weighted by atomic mass is 16.5. The van der Waals surface area contributed by atoms with Gasteiger partial charge in [-0.3, -0.25) is 4.79 Å². The second-order valence-electron chi connectivity index (χ2n) is 4.48. The first-order valence-electron chi connectivity index (χ1n) is 6.14. The summed E-state index contributed by atoms with van der Waals surface area (Å²) in [5, 5.41) is 2.89. The predicted octanol–water partition coefficient (Wildman–Crippen LogP) is 2.86. The van der Waals surface area contributed by atoms with Crippen LogP contribution in [0.25, 0.3) is 0 Å². The summed E-state index contributed by atoms with van der Waals surface area (Å²) in [6.45, 7) is 7.57.